The van der Waals surface area contributed by atoms with Gasteiger partial charge >= 0.3 is 12.2 Å². The summed E-state index contributed by atoms with van der Waals surface area (Å²) in [7, 11) is -4.06. The van der Waals surface area contributed by atoms with Crippen molar-refractivity contribution >= 4 is 22.2 Å². The predicted molar refractivity (Wildman–Crippen MR) is 166 cm³/mol. The van der Waals surface area contributed by atoms with E-state index in [2.05, 4.69) is 10.6 Å². The quantitative estimate of drug-likeness (QED) is 0.195. The van der Waals surface area contributed by atoms with Crippen LogP contribution in [0.3, 0.4) is 0 Å². The first-order valence-electron chi connectivity index (χ1n) is 14.9. The number of nitrogens with zero attached hydrogens (tertiary/aromatic N) is 1. The lowest BCUT2D eigenvalue weighted by Crippen LogP contribution is -2.50. The Balaban J connectivity index is 1.58. The fourth-order valence-corrected chi connectivity index (χ4v) is 6.18. The largest absolute Gasteiger partial charge is 0.494 e. The van der Waals surface area contributed by atoms with Crippen LogP contribution >= 0.6 is 0 Å². The highest BCUT2D eigenvalue weighted by molar-refractivity contribution is 7.89. The summed E-state index contributed by atoms with van der Waals surface area (Å²) >= 11 is 0. The maximum absolute atomic E-state index is 13.6. The summed E-state index contributed by atoms with van der Waals surface area (Å²) in [5, 5.41) is 25.7. The Hall–Kier alpha value is -3.75. The molecule has 0 saturated carbocycles. The number of carbonyl (C=O) groups is 2. The number of carboxylic acid groups (broad SMARTS) is 1. The molecule has 0 radical (unpaired) electrons. The van der Waals surface area contributed by atoms with E-state index in [1.807, 2.05) is 13.8 Å². The average molecular weight is 652 g/mol. The third-order valence-corrected chi connectivity index (χ3v) is 8.43. The van der Waals surface area contributed by atoms with Gasteiger partial charge in [-0.25, -0.2) is 18.0 Å². The molecular formula is C31H45N3O10S. The van der Waals surface area contributed by atoms with E-state index < -0.39 is 40.0 Å². The fourth-order valence-electron chi connectivity index (χ4n) is 4.54. The van der Waals surface area contributed by atoms with Crippen molar-refractivity contribution < 1.29 is 47.2 Å². The molecule has 0 unspecified atom stereocenters. The molecule has 1 aliphatic rings. The SMILES string of the molecule is CC(C)CN(C[C@H](O)[C@H](Cc1ccc(OCCCCNC(=O)OC(C)(C)C)cc1)NC(=O)O)S(=O)(=O)c1ccc2c(c1)OCO2. The Kier molecular flexibility index (Phi) is 12.7. The molecule has 3 rings (SSSR count). The Morgan fingerprint density at radius 2 is 1.71 bits per heavy atom. The van der Waals surface area contributed by atoms with Crippen molar-refractivity contribution in [1.29, 1.82) is 0 Å². The van der Waals surface area contributed by atoms with E-state index in [-0.39, 0.29) is 37.1 Å². The van der Waals surface area contributed by atoms with Gasteiger partial charge in [-0.3, -0.25) is 0 Å². The molecule has 2 aromatic rings. The summed E-state index contributed by atoms with van der Waals surface area (Å²) < 4.78 is 50.0. The van der Waals surface area contributed by atoms with Crippen LogP contribution in [0.1, 0.15) is 53.0 Å². The highest BCUT2D eigenvalue weighted by Gasteiger charge is 2.32. The summed E-state index contributed by atoms with van der Waals surface area (Å²) in [6.45, 7) is 9.78. The Morgan fingerprint density at radius 1 is 1.02 bits per heavy atom. The topological polar surface area (TPSA) is 173 Å². The minimum atomic E-state index is -4.06. The normalized spacial score (nSPS) is 14.2. The van der Waals surface area contributed by atoms with Crippen molar-refractivity contribution in [3.63, 3.8) is 0 Å². The van der Waals surface area contributed by atoms with Crippen molar-refractivity contribution in [2.24, 2.45) is 5.92 Å². The Morgan fingerprint density at radius 3 is 2.36 bits per heavy atom. The van der Waals surface area contributed by atoms with Gasteiger partial charge in [-0.15, -0.1) is 0 Å². The number of alkyl carbamates (subject to hydrolysis) is 1. The van der Waals surface area contributed by atoms with Gasteiger partial charge in [0.05, 0.1) is 23.6 Å². The van der Waals surface area contributed by atoms with Crippen molar-refractivity contribution in [2.75, 3.05) is 33.0 Å². The van der Waals surface area contributed by atoms with Gasteiger partial charge in [0.15, 0.2) is 11.5 Å². The van der Waals surface area contributed by atoms with E-state index >= 15 is 0 Å². The van der Waals surface area contributed by atoms with Gasteiger partial charge in [-0.2, -0.15) is 4.31 Å². The predicted octanol–water partition coefficient (Wildman–Crippen LogP) is 3.99. The molecule has 13 nitrogen and oxygen atoms in total. The number of nitrogens with one attached hydrogen (secondary N) is 2. The summed E-state index contributed by atoms with van der Waals surface area (Å²) in [6, 6.07) is 10.3. The van der Waals surface area contributed by atoms with Crippen LogP contribution in [0.4, 0.5) is 9.59 Å². The number of amides is 2. The zero-order chi connectivity index (χ0) is 33.2. The molecule has 2 amide bonds. The lowest BCUT2D eigenvalue weighted by atomic mass is 10.0. The van der Waals surface area contributed by atoms with Crippen LogP contribution in [-0.2, 0) is 21.2 Å². The number of sulfonamides is 1. The molecule has 0 bridgehead atoms. The minimum Gasteiger partial charge on any atom is -0.494 e. The fraction of sp³-hybridized carbons (Fsp3) is 0.548. The van der Waals surface area contributed by atoms with Crippen LogP contribution < -0.4 is 24.8 Å². The summed E-state index contributed by atoms with van der Waals surface area (Å²) in [6.07, 6.45) is -1.63. The Bertz CT molecular complexity index is 1380. The highest BCUT2D eigenvalue weighted by atomic mass is 32.2. The molecule has 250 valence electrons. The van der Waals surface area contributed by atoms with E-state index in [1.54, 1.807) is 45.0 Å². The van der Waals surface area contributed by atoms with E-state index in [0.717, 1.165) is 9.87 Å². The standard InChI is InChI=1S/C31H45N3O10S/c1-21(2)18-34(45(39,40)24-12-13-27-28(17-24)43-20-42-27)19-26(35)25(33-29(36)37)16-22-8-10-23(11-9-22)41-15-7-6-14-32-30(38)44-31(3,4)5/h8-13,17,21,25-26,33,35H,6-7,14-16,18-20H2,1-5H3,(H,32,38)(H,36,37)/t25-,26-/m0/s1. The molecule has 0 spiro atoms. The zero-order valence-corrected chi connectivity index (χ0v) is 27.3. The lowest BCUT2D eigenvalue weighted by Gasteiger charge is -2.30. The first-order chi connectivity index (χ1) is 21.1. The van der Waals surface area contributed by atoms with Crippen molar-refractivity contribution in [3.8, 4) is 17.2 Å². The van der Waals surface area contributed by atoms with Gasteiger partial charge in [0.1, 0.15) is 11.4 Å². The van der Waals surface area contributed by atoms with Crippen LogP contribution in [-0.4, -0.2) is 85.9 Å². The summed E-state index contributed by atoms with van der Waals surface area (Å²) in [5.41, 5.74) is 0.168. The Labute approximate surface area is 264 Å². The van der Waals surface area contributed by atoms with Crippen molar-refractivity contribution in [2.45, 2.75) is 76.5 Å². The van der Waals surface area contributed by atoms with E-state index in [9.17, 15) is 28.2 Å². The molecule has 0 aliphatic carbocycles. The third-order valence-electron chi connectivity index (χ3n) is 6.60. The number of hydrogen-bond acceptors (Lipinski definition) is 9. The van der Waals surface area contributed by atoms with Gasteiger partial charge < -0.3 is 39.8 Å². The second-order valence-electron chi connectivity index (χ2n) is 12.2. The zero-order valence-electron chi connectivity index (χ0n) is 26.4. The summed E-state index contributed by atoms with van der Waals surface area (Å²) in [5.74, 6) is 1.30. The second-order valence-corrected chi connectivity index (χ2v) is 14.1. The number of ether oxygens (including phenoxy) is 4. The van der Waals surface area contributed by atoms with Gasteiger partial charge in [-0.05, 0) is 75.8 Å². The molecule has 2 aromatic carbocycles. The van der Waals surface area contributed by atoms with Gasteiger partial charge in [0, 0.05) is 25.7 Å². The monoisotopic (exact) mass is 651 g/mol. The van der Waals surface area contributed by atoms with E-state index in [0.29, 0.717) is 43.2 Å². The number of aliphatic hydroxyl groups is 1. The van der Waals surface area contributed by atoms with Crippen molar-refractivity contribution in [3.05, 3.63) is 48.0 Å². The van der Waals surface area contributed by atoms with Gasteiger partial charge in [-0.1, -0.05) is 26.0 Å². The van der Waals surface area contributed by atoms with Crippen LogP contribution in [0, 0.1) is 5.92 Å². The lowest BCUT2D eigenvalue weighted by molar-refractivity contribution is 0.0526. The van der Waals surface area contributed by atoms with E-state index in [4.69, 9.17) is 18.9 Å². The number of rotatable bonds is 16. The van der Waals surface area contributed by atoms with Crippen LogP contribution in [0.5, 0.6) is 17.2 Å². The molecule has 14 heteroatoms. The number of carbonyl (C=O) groups excluding carboxylic acids is 1. The molecular weight excluding hydrogens is 606 g/mol. The van der Waals surface area contributed by atoms with Crippen LogP contribution in [0.25, 0.3) is 0 Å². The maximum atomic E-state index is 13.6. The molecule has 4 N–H and O–H groups in total. The molecule has 2 atom stereocenters. The van der Waals surface area contributed by atoms with E-state index in [1.165, 1.54) is 18.2 Å². The van der Waals surface area contributed by atoms with Gasteiger partial charge in [0.2, 0.25) is 16.8 Å². The summed E-state index contributed by atoms with van der Waals surface area (Å²) in [4.78, 5) is 23.3. The molecule has 1 heterocycles. The first kappa shape index (κ1) is 35.7. The average Bonchev–Trinajstić information content (AvgIpc) is 3.42. The number of benzene rings is 2. The molecule has 45 heavy (non-hydrogen) atoms. The first-order valence-corrected chi connectivity index (χ1v) is 16.3. The van der Waals surface area contributed by atoms with Crippen molar-refractivity contribution in [1.82, 2.24) is 14.9 Å². The molecule has 0 saturated heterocycles. The van der Waals surface area contributed by atoms with Crippen LogP contribution in [0.2, 0.25) is 0 Å². The molecule has 0 fully saturated rings. The third kappa shape index (κ3) is 11.6. The number of unbranched alkanes of at least 4 members (excludes halogenated alkanes) is 1. The second kappa shape index (κ2) is 16.0. The number of hydrogen-bond donors (Lipinski definition) is 4. The molecule has 1 aliphatic heterocycles. The van der Waals surface area contributed by atoms with Crippen LogP contribution in [0.15, 0.2) is 47.4 Å². The number of aliphatic hydroxyl groups excluding tert-OH is 1. The molecule has 0 aromatic heterocycles. The van der Waals surface area contributed by atoms with Gasteiger partial charge in [0.25, 0.3) is 0 Å². The number of fused-ring (bicyclic) bond motifs is 1. The maximum Gasteiger partial charge on any atom is 0.407 e. The highest BCUT2D eigenvalue weighted by Crippen LogP contribution is 2.35. The minimum absolute atomic E-state index is 0.00199. The smallest absolute Gasteiger partial charge is 0.407 e.